The van der Waals surface area contributed by atoms with Crippen LogP contribution >= 0.6 is 11.6 Å². The third kappa shape index (κ3) is 5.05. The number of hydrogen-bond donors (Lipinski definition) is 1. The highest BCUT2D eigenvalue weighted by atomic mass is 35.5. The van der Waals surface area contributed by atoms with Gasteiger partial charge in [-0.1, -0.05) is 11.6 Å². The highest BCUT2D eigenvalue weighted by Crippen LogP contribution is 2.35. The number of rotatable bonds is 7. The summed E-state index contributed by atoms with van der Waals surface area (Å²) >= 11 is 5.84. The third-order valence-corrected chi connectivity index (χ3v) is 5.30. The van der Waals surface area contributed by atoms with Crippen LogP contribution in [0.4, 0.5) is 11.4 Å². The molecule has 0 radical (unpaired) electrons. The Morgan fingerprint density at radius 2 is 1.74 bits per heavy atom. The van der Waals surface area contributed by atoms with E-state index in [4.69, 9.17) is 21.1 Å². The van der Waals surface area contributed by atoms with Crippen molar-refractivity contribution in [2.45, 2.75) is 13.0 Å². The monoisotopic (exact) mass is 412 g/mol. The number of amides is 1. The average Bonchev–Trinajstić information content (AvgIpc) is 2.62. The number of ether oxygens (including phenoxy) is 2. The molecule has 146 valence electrons. The Labute approximate surface area is 163 Å². The number of anilines is 2. The third-order valence-electron chi connectivity index (χ3n) is 3.82. The van der Waals surface area contributed by atoms with Gasteiger partial charge in [-0.25, -0.2) is 8.42 Å². The number of halogens is 1. The van der Waals surface area contributed by atoms with Crippen LogP contribution in [0.1, 0.15) is 6.92 Å². The number of sulfonamides is 1. The summed E-state index contributed by atoms with van der Waals surface area (Å²) in [5, 5.41) is 3.21. The van der Waals surface area contributed by atoms with Crippen LogP contribution < -0.4 is 19.1 Å². The van der Waals surface area contributed by atoms with Crippen LogP contribution in [-0.2, 0) is 14.8 Å². The first-order valence-electron chi connectivity index (χ1n) is 7.95. The van der Waals surface area contributed by atoms with E-state index in [0.29, 0.717) is 22.2 Å². The van der Waals surface area contributed by atoms with E-state index in [1.54, 1.807) is 36.4 Å². The highest BCUT2D eigenvalue weighted by molar-refractivity contribution is 7.92. The fourth-order valence-corrected chi connectivity index (χ4v) is 3.83. The maximum atomic E-state index is 12.7. The van der Waals surface area contributed by atoms with Crippen LogP contribution in [0.25, 0.3) is 0 Å². The first-order valence-corrected chi connectivity index (χ1v) is 10.2. The van der Waals surface area contributed by atoms with Crippen LogP contribution in [0.5, 0.6) is 11.5 Å². The molecule has 0 aliphatic rings. The number of carbonyl (C=O) groups excluding carboxylic acids is 1. The lowest BCUT2D eigenvalue weighted by molar-refractivity contribution is -0.116. The minimum Gasteiger partial charge on any atom is -0.497 e. The molecule has 0 spiro atoms. The molecule has 0 aliphatic carbocycles. The fraction of sp³-hybridized carbons (Fsp3) is 0.278. The zero-order chi connectivity index (χ0) is 20.2. The molecule has 0 fully saturated rings. The second kappa shape index (κ2) is 8.49. The zero-order valence-electron chi connectivity index (χ0n) is 15.4. The van der Waals surface area contributed by atoms with Crippen LogP contribution in [0, 0.1) is 0 Å². The quantitative estimate of drug-likeness (QED) is 0.755. The normalized spacial score (nSPS) is 12.2. The summed E-state index contributed by atoms with van der Waals surface area (Å²) in [6, 6.07) is 10.2. The number of nitrogens with one attached hydrogen (secondary N) is 1. The molecule has 0 aromatic heterocycles. The highest BCUT2D eigenvalue weighted by Gasteiger charge is 2.31. The standard InChI is InChI=1S/C18H21ClN2O5S/c1-12(18(22)20-14-7-5-13(19)6-8-14)21(27(4,23)24)16-11-15(25-2)9-10-17(16)26-3/h5-12H,1-4H3,(H,20,22)/t12-/m1/s1. The molecule has 1 amide bonds. The van der Waals surface area contributed by atoms with Gasteiger partial charge < -0.3 is 14.8 Å². The van der Waals surface area contributed by atoms with Crippen molar-refractivity contribution in [3.63, 3.8) is 0 Å². The van der Waals surface area contributed by atoms with Crippen molar-refractivity contribution in [3.8, 4) is 11.5 Å². The average molecular weight is 413 g/mol. The molecular weight excluding hydrogens is 392 g/mol. The molecule has 0 heterocycles. The lowest BCUT2D eigenvalue weighted by Gasteiger charge is -2.29. The Kier molecular flexibility index (Phi) is 6.56. The van der Waals surface area contributed by atoms with Gasteiger partial charge in [0.1, 0.15) is 17.5 Å². The Hall–Kier alpha value is -2.45. The fourth-order valence-electron chi connectivity index (χ4n) is 2.53. The van der Waals surface area contributed by atoms with Gasteiger partial charge in [-0.2, -0.15) is 0 Å². The van der Waals surface area contributed by atoms with Crippen molar-refractivity contribution in [1.29, 1.82) is 0 Å². The Balaban J connectivity index is 2.42. The van der Waals surface area contributed by atoms with Gasteiger partial charge >= 0.3 is 0 Å². The van der Waals surface area contributed by atoms with Crippen molar-refractivity contribution < 1.29 is 22.7 Å². The van der Waals surface area contributed by atoms with Gasteiger partial charge in [-0.3, -0.25) is 9.10 Å². The minimum absolute atomic E-state index is 0.207. The summed E-state index contributed by atoms with van der Waals surface area (Å²) in [6.45, 7) is 1.49. The molecule has 0 saturated carbocycles. The van der Waals surface area contributed by atoms with Gasteiger partial charge in [0, 0.05) is 16.8 Å². The van der Waals surface area contributed by atoms with Crippen LogP contribution in [0.3, 0.4) is 0 Å². The van der Waals surface area contributed by atoms with E-state index in [0.717, 1.165) is 10.6 Å². The molecule has 0 saturated heterocycles. The number of carbonyl (C=O) groups is 1. The van der Waals surface area contributed by atoms with Crippen molar-refractivity contribution >= 4 is 38.9 Å². The van der Waals surface area contributed by atoms with Crippen molar-refractivity contribution in [3.05, 3.63) is 47.5 Å². The van der Waals surface area contributed by atoms with E-state index in [1.807, 2.05) is 0 Å². The molecule has 2 aromatic carbocycles. The second-order valence-corrected chi connectivity index (χ2v) is 8.06. The van der Waals surface area contributed by atoms with Gasteiger partial charge in [0.05, 0.1) is 26.2 Å². The predicted octanol–water partition coefficient (Wildman–Crippen LogP) is 3.15. The van der Waals surface area contributed by atoms with Gasteiger partial charge in [0.2, 0.25) is 15.9 Å². The SMILES string of the molecule is COc1ccc(OC)c(N([C@H](C)C(=O)Nc2ccc(Cl)cc2)S(C)(=O)=O)c1. The molecular formula is C18H21ClN2O5S. The predicted molar refractivity (Wildman–Crippen MR) is 106 cm³/mol. The van der Waals surface area contributed by atoms with E-state index >= 15 is 0 Å². The van der Waals surface area contributed by atoms with E-state index in [1.165, 1.54) is 27.2 Å². The second-order valence-electron chi connectivity index (χ2n) is 5.77. The number of nitrogens with zero attached hydrogens (tertiary/aromatic N) is 1. The van der Waals surface area contributed by atoms with Crippen LogP contribution in [-0.4, -0.2) is 40.8 Å². The molecule has 1 N–H and O–H groups in total. The molecule has 9 heteroatoms. The minimum atomic E-state index is -3.80. The lowest BCUT2D eigenvalue weighted by atomic mass is 10.2. The number of hydrogen-bond acceptors (Lipinski definition) is 5. The lowest BCUT2D eigenvalue weighted by Crippen LogP contribution is -2.45. The van der Waals surface area contributed by atoms with E-state index in [2.05, 4.69) is 5.32 Å². The first kappa shape index (κ1) is 20.9. The van der Waals surface area contributed by atoms with E-state index < -0.39 is 22.0 Å². The van der Waals surface area contributed by atoms with Gasteiger partial charge in [0.25, 0.3) is 0 Å². The maximum Gasteiger partial charge on any atom is 0.247 e. The number of methoxy groups -OCH3 is 2. The molecule has 0 bridgehead atoms. The van der Waals surface area contributed by atoms with Gasteiger partial charge in [0.15, 0.2) is 0 Å². The van der Waals surface area contributed by atoms with E-state index in [-0.39, 0.29) is 5.69 Å². The molecule has 7 nitrogen and oxygen atoms in total. The molecule has 2 rings (SSSR count). The first-order chi connectivity index (χ1) is 12.7. The summed E-state index contributed by atoms with van der Waals surface area (Å²) in [4.78, 5) is 12.7. The van der Waals surface area contributed by atoms with Crippen LogP contribution in [0.2, 0.25) is 5.02 Å². The summed E-state index contributed by atoms with van der Waals surface area (Å²) in [5.74, 6) is 0.227. The van der Waals surface area contributed by atoms with Crippen molar-refractivity contribution in [2.24, 2.45) is 0 Å². The molecule has 0 aliphatic heterocycles. The Bertz CT molecular complexity index is 916. The summed E-state index contributed by atoms with van der Waals surface area (Å²) < 4.78 is 36.4. The smallest absolute Gasteiger partial charge is 0.247 e. The number of benzene rings is 2. The summed E-state index contributed by atoms with van der Waals surface area (Å²) in [7, 11) is -0.917. The van der Waals surface area contributed by atoms with Gasteiger partial charge in [-0.15, -0.1) is 0 Å². The summed E-state index contributed by atoms with van der Waals surface area (Å²) in [6.07, 6.45) is 1.03. The van der Waals surface area contributed by atoms with Crippen LogP contribution in [0.15, 0.2) is 42.5 Å². The van der Waals surface area contributed by atoms with Crippen molar-refractivity contribution in [2.75, 3.05) is 30.1 Å². The Morgan fingerprint density at radius 3 is 2.26 bits per heavy atom. The Morgan fingerprint density at radius 1 is 1.11 bits per heavy atom. The summed E-state index contributed by atoms with van der Waals surface area (Å²) in [5.41, 5.74) is 0.709. The molecule has 27 heavy (non-hydrogen) atoms. The molecule has 1 atom stereocenters. The van der Waals surface area contributed by atoms with Gasteiger partial charge in [-0.05, 0) is 43.3 Å². The molecule has 0 unspecified atom stereocenters. The largest absolute Gasteiger partial charge is 0.497 e. The van der Waals surface area contributed by atoms with Crippen molar-refractivity contribution in [1.82, 2.24) is 0 Å². The van der Waals surface area contributed by atoms with E-state index in [9.17, 15) is 13.2 Å². The topological polar surface area (TPSA) is 84.9 Å². The molecule has 2 aromatic rings. The maximum absolute atomic E-state index is 12.7. The zero-order valence-corrected chi connectivity index (χ0v) is 17.0.